The summed E-state index contributed by atoms with van der Waals surface area (Å²) in [6.07, 6.45) is 5.07. The number of nitrogen functional groups attached to an aromatic ring is 1. The summed E-state index contributed by atoms with van der Waals surface area (Å²) in [5.41, 5.74) is 6.75. The van der Waals surface area contributed by atoms with Crippen LogP contribution in [0, 0.1) is 5.92 Å². The molecule has 4 nitrogen and oxygen atoms in total. The molecule has 1 saturated carbocycles. The van der Waals surface area contributed by atoms with Gasteiger partial charge in [0.15, 0.2) is 5.82 Å². The fourth-order valence-electron chi connectivity index (χ4n) is 2.76. The normalized spacial score (nSPS) is 23.7. The fraction of sp³-hybridized carbons (Fsp3) is 0.643. The number of pyridine rings is 1. The Morgan fingerprint density at radius 2 is 2.17 bits per heavy atom. The molecule has 1 aromatic rings. The predicted octanol–water partition coefficient (Wildman–Crippen LogP) is 2.69. The summed E-state index contributed by atoms with van der Waals surface area (Å²) in [6, 6.07) is 4.20. The van der Waals surface area contributed by atoms with E-state index in [9.17, 15) is 0 Å². The molecular formula is C14H23N3O. The van der Waals surface area contributed by atoms with Crippen molar-refractivity contribution < 1.29 is 4.74 Å². The monoisotopic (exact) mass is 249 g/mol. The maximum Gasteiger partial charge on any atom is 0.215 e. The number of ether oxygens (including phenoxy) is 1. The summed E-state index contributed by atoms with van der Waals surface area (Å²) in [5, 5.41) is 0. The first kappa shape index (κ1) is 13.0. The zero-order valence-electron chi connectivity index (χ0n) is 11.5. The van der Waals surface area contributed by atoms with E-state index in [4.69, 9.17) is 10.5 Å². The van der Waals surface area contributed by atoms with E-state index in [1.165, 1.54) is 25.7 Å². The van der Waals surface area contributed by atoms with Crippen molar-refractivity contribution in [1.82, 2.24) is 4.98 Å². The van der Waals surface area contributed by atoms with Crippen molar-refractivity contribution in [3.63, 3.8) is 0 Å². The van der Waals surface area contributed by atoms with Crippen molar-refractivity contribution in [2.75, 3.05) is 24.8 Å². The molecule has 1 heterocycles. The Labute approximate surface area is 109 Å². The van der Waals surface area contributed by atoms with Crippen molar-refractivity contribution >= 4 is 11.5 Å². The number of nitrogens with zero attached hydrogens (tertiary/aromatic N) is 2. The highest BCUT2D eigenvalue weighted by Gasteiger charge is 2.24. The van der Waals surface area contributed by atoms with Gasteiger partial charge in [-0.25, -0.2) is 0 Å². The van der Waals surface area contributed by atoms with Gasteiger partial charge in [-0.05, 0) is 24.8 Å². The number of nitrogens with two attached hydrogens (primary N) is 1. The SMILES string of the molecule is COc1ccc(N)c(N(C)C2CCCC(C)C2)n1. The molecule has 0 spiro atoms. The smallest absolute Gasteiger partial charge is 0.215 e. The summed E-state index contributed by atoms with van der Waals surface area (Å²) in [4.78, 5) is 6.69. The predicted molar refractivity (Wildman–Crippen MR) is 75.0 cm³/mol. The molecule has 4 heteroatoms. The minimum Gasteiger partial charge on any atom is -0.481 e. The zero-order valence-corrected chi connectivity index (χ0v) is 11.5. The van der Waals surface area contributed by atoms with Crippen LogP contribution in [0.2, 0.25) is 0 Å². The Morgan fingerprint density at radius 1 is 1.39 bits per heavy atom. The lowest BCUT2D eigenvalue weighted by Crippen LogP contribution is -2.36. The van der Waals surface area contributed by atoms with Crippen LogP contribution in [0.25, 0.3) is 0 Å². The average Bonchev–Trinajstić information content (AvgIpc) is 2.38. The number of rotatable bonds is 3. The highest BCUT2D eigenvalue weighted by Crippen LogP contribution is 2.31. The van der Waals surface area contributed by atoms with Crippen molar-refractivity contribution in [2.24, 2.45) is 5.92 Å². The molecule has 18 heavy (non-hydrogen) atoms. The van der Waals surface area contributed by atoms with Gasteiger partial charge < -0.3 is 15.4 Å². The van der Waals surface area contributed by atoms with Crippen LogP contribution >= 0.6 is 0 Å². The first-order valence-electron chi connectivity index (χ1n) is 6.65. The van der Waals surface area contributed by atoms with Gasteiger partial charge in [0.2, 0.25) is 5.88 Å². The van der Waals surface area contributed by atoms with Crippen LogP contribution in [-0.2, 0) is 0 Å². The lowest BCUT2D eigenvalue weighted by molar-refractivity contribution is 0.335. The van der Waals surface area contributed by atoms with Gasteiger partial charge in [-0.15, -0.1) is 0 Å². The first-order valence-corrected chi connectivity index (χ1v) is 6.65. The second kappa shape index (κ2) is 5.46. The summed E-state index contributed by atoms with van der Waals surface area (Å²) < 4.78 is 5.18. The third kappa shape index (κ3) is 2.68. The minimum absolute atomic E-state index is 0.538. The van der Waals surface area contributed by atoms with E-state index < -0.39 is 0 Å². The van der Waals surface area contributed by atoms with Gasteiger partial charge >= 0.3 is 0 Å². The zero-order chi connectivity index (χ0) is 13.1. The van der Waals surface area contributed by atoms with Crippen LogP contribution in [0.4, 0.5) is 11.5 Å². The maximum atomic E-state index is 6.03. The molecular weight excluding hydrogens is 226 g/mol. The van der Waals surface area contributed by atoms with Crippen LogP contribution in [0.15, 0.2) is 12.1 Å². The Balaban J connectivity index is 2.19. The molecule has 100 valence electrons. The van der Waals surface area contributed by atoms with Gasteiger partial charge in [-0.2, -0.15) is 4.98 Å². The van der Waals surface area contributed by atoms with Gasteiger partial charge in [0.1, 0.15) is 0 Å². The van der Waals surface area contributed by atoms with E-state index in [0.29, 0.717) is 11.9 Å². The molecule has 1 aliphatic rings. The Hall–Kier alpha value is -1.45. The lowest BCUT2D eigenvalue weighted by Gasteiger charge is -2.35. The van der Waals surface area contributed by atoms with E-state index in [2.05, 4.69) is 23.9 Å². The standard InChI is InChI=1S/C14H23N3O/c1-10-5-4-6-11(9-10)17(2)14-12(15)7-8-13(16-14)18-3/h7-8,10-11H,4-6,9,15H2,1-3H3. The molecule has 0 aliphatic heterocycles. The van der Waals surface area contributed by atoms with E-state index in [-0.39, 0.29) is 0 Å². The highest BCUT2D eigenvalue weighted by atomic mass is 16.5. The maximum absolute atomic E-state index is 6.03. The van der Waals surface area contributed by atoms with Gasteiger partial charge in [-0.3, -0.25) is 0 Å². The van der Waals surface area contributed by atoms with Crippen LogP contribution < -0.4 is 15.4 Å². The van der Waals surface area contributed by atoms with E-state index in [1.807, 2.05) is 6.07 Å². The third-order valence-electron chi connectivity index (χ3n) is 3.88. The van der Waals surface area contributed by atoms with Gasteiger partial charge in [0, 0.05) is 19.2 Å². The second-order valence-corrected chi connectivity index (χ2v) is 5.30. The molecule has 2 atom stereocenters. The van der Waals surface area contributed by atoms with E-state index in [1.54, 1.807) is 13.2 Å². The molecule has 2 unspecified atom stereocenters. The lowest BCUT2D eigenvalue weighted by atomic mass is 9.86. The molecule has 2 rings (SSSR count). The molecule has 0 radical (unpaired) electrons. The highest BCUT2D eigenvalue weighted by molar-refractivity contribution is 5.63. The van der Waals surface area contributed by atoms with E-state index >= 15 is 0 Å². The summed E-state index contributed by atoms with van der Waals surface area (Å²) in [6.45, 7) is 2.32. The quantitative estimate of drug-likeness (QED) is 0.895. The van der Waals surface area contributed by atoms with Crippen LogP contribution in [0.3, 0.4) is 0 Å². The second-order valence-electron chi connectivity index (χ2n) is 5.30. The van der Waals surface area contributed by atoms with E-state index in [0.717, 1.165) is 17.4 Å². The molecule has 1 fully saturated rings. The molecule has 1 aromatic heterocycles. The van der Waals surface area contributed by atoms with Crippen molar-refractivity contribution in [1.29, 1.82) is 0 Å². The molecule has 1 aliphatic carbocycles. The van der Waals surface area contributed by atoms with Crippen LogP contribution in [0.5, 0.6) is 5.88 Å². The van der Waals surface area contributed by atoms with Crippen LogP contribution in [0.1, 0.15) is 32.6 Å². The number of hydrogen-bond acceptors (Lipinski definition) is 4. The Bertz CT molecular complexity index is 408. The summed E-state index contributed by atoms with van der Waals surface area (Å²) in [5.74, 6) is 2.25. The Morgan fingerprint density at radius 3 is 2.83 bits per heavy atom. The Kier molecular flexibility index (Phi) is 3.94. The topological polar surface area (TPSA) is 51.4 Å². The molecule has 0 amide bonds. The number of anilines is 2. The largest absolute Gasteiger partial charge is 0.481 e. The number of methoxy groups -OCH3 is 1. The van der Waals surface area contributed by atoms with Gasteiger partial charge in [0.05, 0.1) is 12.8 Å². The number of hydrogen-bond donors (Lipinski definition) is 1. The minimum atomic E-state index is 0.538. The molecule has 0 bridgehead atoms. The number of aromatic nitrogens is 1. The van der Waals surface area contributed by atoms with Gasteiger partial charge in [0.25, 0.3) is 0 Å². The average molecular weight is 249 g/mol. The third-order valence-corrected chi connectivity index (χ3v) is 3.88. The first-order chi connectivity index (χ1) is 8.61. The van der Waals surface area contributed by atoms with Crippen molar-refractivity contribution in [2.45, 2.75) is 38.6 Å². The summed E-state index contributed by atoms with van der Waals surface area (Å²) in [7, 11) is 3.71. The molecule has 0 saturated heterocycles. The van der Waals surface area contributed by atoms with Crippen molar-refractivity contribution in [3.05, 3.63) is 12.1 Å². The molecule has 0 aromatic carbocycles. The molecule has 2 N–H and O–H groups in total. The van der Waals surface area contributed by atoms with Crippen LogP contribution in [-0.4, -0.2) is 25.2 Å². The van der Waals surface area contributed by atoms with Gasteiger partial charge in [-0.1, -0.05) is 19.8 Å². The summed E-state index contributed by atoms with van der Waals surface area (Å²) >= 11 is 0. The fourth-order valence-corrected chi connectivity index (χ4v) is 2.76. The van der Waals surface area contributed by atoms with Crippen molar-refractivity contribution in [3.8, 4) is 5.88 Å².